The van der Waals surface area contributed by atoms with Crippen LogP contribution in [0.2, 0.25) is 0 Å². The van der Waals surface area contributed by atoms with Gasteiger partial charge in [-0.15, -0.1) is 0 Å². The molecule has 2 atom stereocenters. The standard InChI is InChI=1S/C8H15NO2/c1-6-5-11-7(2)4-9(6)8(3)10/h6-7H,4-5H2,1-3H3/t6-,7-/m1/s1. The molecule has 0 radical (unpaired) electrons. The number of nitrogens with zero attached hydrogens (tertiary/aromatic N) is 1. The average Bonchev–Trinajstić information content (AvgIpc) is 1.94. The molecule has 3 heteroatoms. The third-order valence-corrected chi connectivity index (χ3v) is 2.01. The van der Waals surface area contributed by atoms with E-state index in [4.69, 9.17) is 4.74 Å². The normalized spacial score (nSPS) is 32.1. The van der Waals surface area contributed by atoms with Crippen molar-refractivity contribution in [3.05, 3.63) is 0 Å². The van der Waals surface area contributed by atoms with Gasteiger partial charge in [-0.3, -0.25) is 4.79 Å². The molecule has 1 fully saturated rings. The number of hydrogen-bond acceptors (Lipinski definition) is 2. The molecule has 1 aliphatic heterocycles. The van der Waals surface area contributed by atoms with E-state index in [1.807, 2.05) is 18.7 Å². The van der Waals surface area contributed by atoms with Crippen LogP contribution < -0.4 is 0 Å². The Balaban J connectivity index is 2.54. The molecule has 0 spiro atoms. The summed E-state index contributed by atoms with van der Waals surface area (Å²) in [7, 11) is 0. The fourth-order valence-electron chi connectivity index (χ4n) is 1.34. The predicted molar refractivity (Wildman–Crippen MR) is 42.3 cm³/mol. The average molecular weight is 157 g/mol. The van der Waals surface area contributed by atoms with Gasteiger partial charge in [-0.2, -0.15) is 0 Å². The molecule has 3 nitrogen and oxygen atoms in total. The Morgan fingerprint density at radius 1 is 1.55 bits per heavy atom. The van der Waals surface area contributed by atoms with Crippen LogP contribution in [0.4, 0.5) is 0 Å². The third kappa shape index (κ3) is 1.93. The summed E-state index contributed by atoms with van der Waals surface area (Å²) in [5.41, 5.74) is 0. The second-order valence-corrected chi connectivity index (χ2v) is 3.16. The maximum absolute atomic E-state index is 11.0. The van der Waals surface area contributed by atoms with E-state index in [0.717, 1.165) is 6.54 Å². The molecule has 0 bridgehead atoms. The molecule has 0 aliphatic carbocycles. The first-order valence-electron chi connectivity index (χ1n) is 4.00. The summed E-state index contributed by atoms with van der Waals surface area (Å²) in [6, 6.07) is 0.240. The van der Waals surface area contributed by atoms with Gasteiger partial charge in [-0.25, -0.2) is 0 Å². The molecule has 0 aromatic carbocycles. The smallest absolute Gasteiger partial charge is 0.219 e. The van der Waals surface area contributed by atoms with Crippen molar-refractivity contribution < 1.29 is 9.53 Å². The van der Waals surface area contributed by atoms with E-state index < -0.39 is 0 Å². The van der Waals surface area contributed by atoms with Crippen molar-refractivity contribution in [2.24, 2.45) is 0 Å². The predicted octanol–water partition coefficient (Wildman–Crippen LogP) is 0.642. The van der Waals surface area contributed by atoms with E-state index in [-0.39, 0.29) is 18.1 Å². The Morgan fingerprint density at radius 3 is 2.64 bits per heavy atom. The highest BCUT2D eigenvalue weighted by molar-refractivity contribution is 5.73. The Kier molecular flexibility index (Phi) is 2.49. The van der Waals surface area contributed by atoms with Crippen LogP contribution in [-0.4, -0.2) is 36.1 Å². The van der Waals surface area contributed by atoms with Gasteiger partial charge in [0.05, 0.1) is 18.8 Å². The van der Waals surface area contributed by atoms with Crippen molar-refractivity contribution in [3.63, 3.8) is 0 Å². The summed E-state index contributed by atoms with van der Waals surface area (Å²) in [5, 5.41) is 0. The largest absolute Gasteiger partial charge is 0.375 e. The third-order valence-electron chi connectivity index (χ3n) is 2.01. The molecule has 1 amide bonds. The van der Waals surface area contributed by atoms with Crippen LogP contribution in [0.1, 0.15) is 20.8 Å². The summed E-state index contributed by atoms with van der Waals surface area (Å²) in [6.07, 6.45) is 0.190. The molecule has 0 aromatic heterocycles. The lowest BCUT2D eigenvalue weighted by atomic mass is 10.2. The maximum atomic E-state index is 11.0. The molecule has 0 unspecified atom stereocenters. The second kappa shape index (κ2) is 3.22. The van der Waals surface area contributed by atoms with Crippen LogP contribution in [0.25, 0.3) is 0 Å². The zero-order chi connectivity index (χ0) is 8.43. The minimum absolute atomic E-state index is 0.146. The van der Waals surface area contributed by atoms with Crippen molar-refractivity contribution in [3.8, 4) is 0 Å². The minimum Gasteiger partial charge on any atom is -0.375 e. The highest BCUT2D eigenvalue weighted by Gasteiger charge is 2.24. The van der Waals surface area contributed by atoms with E-state index in [2.05, 4.69) is 0 Å². The van der Waals surface area contributed by atoms with Crippen LogP contribution in [0.3, 0.4) is 0 Å². The first-order valence-corrected chi connectivity index (χ1v) is 4.00. The van der Waals surface area contributed by atoms with Crippen LogP contribution in [0.5, 0.6) is 0 Å². The maximum Gasteiger partial charge on any atom is 0.219 e. The van der Waals surface area contributed by atoms with E-state index in [1.165, 1.54) is 0 Å². The molecular formula is C8H15NO2. The summed E-state index contributed by atoms with van der Waals surface area (Å²) >= 11 is 0. The lowest BCUT2D eigenvalue weighted by Gasteiger charge is -2.36. The quantitative estimate of drug-likeness (QED) is 0.516. The van der Waals surface area contributed by atoms with Crippen LogP contribution in [-0.2, 0) is 9.53 Å². The monoisotopic (exact) mass is 157 g/mol. The SMILES string of the molecule is CC(=O)N1C[C@@H](C)OC[C@H]1C. The van der Waals surface area contributed by atoms with Crippen LogP contribution in [0.15, 0.2) is 0 Å². The van der Waals surface area contributed by atoms with Gasteiger partial charge in [0.2, 0.25) is 5.91 Å². The van der Waals surface area contributed by atoms with E-state index in [0.29, 0.717) is 6.61 Å². The van der Waals surface area contributed by atoms with Crippen LogP contribution in [0, 0.1) is 0 Å². The minimum atomic E-state index is 0.146. The highest BCUT2D eigenvalue weighted by Crippen LogP contribution is 2.10. The number of amides is 1. The Labute approximate surface area is 67.3 Å². The van der Waals surface area contributed by atoms with E-state index >= 15 is 0 Å². The molecule has 1 rings (SSSR count). The number of carbonyl (C=O) groups excluding carboxylic acids is 1. The number of carbonyl (C=O) groups is 1. The molecule has 64 valence electrons. The first kappa shape index (κ1) is 8.53. The molecule has 11 heavy (non-hydrogen) atoms. The number of rotatable bonds is 0. The molecule has 0 N–H and O–H groups in total. The van der Waals surface area contributed by atoms with Gasteiger partial charge >= 0.3 is 0 Å². The molecule has 0 aromatic rings. The van der Waals surface area contributed by atoms with Gasteiger partial charge in [0.1, 0.15) is 0 Å². The fraction of sp³-hybridized carbons (Fsp3) is 0.875. The van der Waals surface area contributed by atoms with Crippen molar-refractivity contribution in [1.82, 2.24) is 4.90 Å². The van der Waals surface area contributed by atoms with E-state index in [1.54, 1.807) is 6.92 Å². The fourth-order valence-corrected chi connectivity index (χ4v) is 1.34. The molecular weight excluding hydrogens is 142 g/mol. The number of ether oxygens (including phenoxy) is 1. The second-order valence-electron chi connectivity index (χ2n) is 3.16. The molecule has 1 heterocycles. The summed E-state index contributed by atoms with van der Waals surface area (Å²) < 4.78 is 5.38. The summed E-state index contributed by atoms with van der Waals surface area (Å²) in [5.74, 6) is 0.146. The number of morpholine rings is 1. The van der Waals surface area contributed by atoms with Gasteiger partial charge in [0.15, 0.2) is 0 Å². The lowest BCUT2D eigenvalue weighted by molar-refractivity contribution is -0.140. The van der Waals surface area contributed by atoms with Crippen molar-refractivity contribution in [2.75, 3.05) is 13.2 Å². The van der Waals surface area contributed by atoms with Crippen molar-refractivity contribution in [2.45, 2.75) is 32.9 Å². The Morgan fingerprint density at radius 2 is 2.18 bits per heavy atom. The topological polar surface area (TPSA) is 29.5 Å². The first-order chi connectivity index (χ1) is 5.11. The number of hydrogen-bond donors (Lipinski definition) is 0. The lowest BCUT2D eigenvalue weighted by Crippen LogP contribution is -2.49. The van der Waals surface area contributed by atoms with Crippen LogP contribution >= 0.6 is 0 Å². The summed E-state index contributed by atoms with van der Waals surface area (Å²) in [4.78, 5) is 12.9. The zero-order valence-electron chi connectivity index (χ0n) is 7.33. The van der Waals surface area contributed by atoms with Crippen molar-refractivity contribution >= 4 is 5.91 Å². The van der Waals surface area contributed by atoms with Gasteiger partial charge in [0, 0.05) is 13.5 Å². The Bertz CT molecular complexity index is 158. The van der Waals surface area contributed by atoms with E-state index in [9.17, 15) is 4.79 Å². The summed E-state index contributed by atoms with van der Waals surface area (Å²) in [6.45, 7) is 7.00. The Hall–Kier alpha value is -0.570. The molecule has 0 saturated carbocycles. The van der Waals surface area contributed by atoms with Gasteiger partial charge in [0.25, 0.3) is 0 Å². The van der Waals surface area contributed by atoms with Crippen molar-refractivity contribution in [1.29, 1.82) is 0 Å². The molecule has 1 saturated heterocycles. The van der Waals surface area contributed by atoms with Gasteiger partial charge < -0.3 is 9.64 Å². The highest BCUT2D eigenvalue weighted by atomic mass is 16.5. The van der Waals surface area contributed by atoms with Gasteiger partial charge in [-0.05, 0) is 13.8 Å². The van der Waals surface area contributed by atoms with Gasteiger partial charge in [-0.1, -0.05) is 0 Å². The zero-order valence-corrected chi connectivity index (χ0v) is 7.33. The molecule has 1 aliphatic rings.